The molecule has 0 spiro atoms. The Morgan fingerprint density at radius 2 is 2.04 bits per heavy atom. The van der Waals surface area contributed by atoms with Crippen LogP contribution in [0.25, 0.3) is 0 Å². The van der Waals surface area contributed by atoms with E-state index in [4.69, 9.17) is 4.98 Å². The number of rotatable bonds is 4. The van der Waals surface area contributed by atoms with Crippen LogP contribution < -0.4 is 0 Å². The normalized spacial score (nSPS) is 19.9. The van der Waals surface area contributed by atoms with Gasteiger partial charge in [-0.1, -0.05) is 0 Å². The maximum atomic E-state index is 13.0. The van der Waals surface area contributed by atoms with E-state index < -0.39 is 6.55 Å². The van der Waals surface area contributed by atoms with E-state index >= 15 is 0 Å². The smallest absolute Gasteiger partial charge is 0.333 e. The van der Waals surface area contributed by atoms with E-state index in [9.17, 15) is 13.6 Å². The lowest BCUT2D eigenvalue weighted by atomic mass is 9.97. The molecule has 0 saturated carbocycles. The first-order valence-corrected chi connectivity index (χ1v) is 10.8. The van der Waals surface area contributed by atoms with E-state index in [2.05, 4.69) is 5.10 Å². The van der Waals surface area contributed by atoms with Crippen molar-refractivity contribution < 1.29 is 13.6 Å². The predicted molar refractivity (Wildman–Crippen MR) is 104 cm³/mol. The van der Waals surface area contributed by atoms with E-state index in [0.717, 1.165) is 32.2 Å². The fourth-order valence-electron chi connectivity index (χ4n) is 4.36. The summed E-state index contributed by atoms with van der Waals surface area (Å²) in [6, 6.07) is 0. The van der Waals surface area contributed by atoms with Crippen LogP contribution in [0.15, 0.2) is 0 Å². The molecule has 2 aromatic heterocycles. The van der Waals surface area contributed by atoms with Crippen LogP contribution >= 0.6 is 11.3 Å². The molecular formula is C20H26F2N4OS. The third-order valence-corrected chi connectivity index (χ3v) is 7.29. The number of carbonyl (C=O) groups excluding carboxylic acids is 1. The summed E-state index contributed by atoms with van der Waals surface area (Å²) in [5.41, 5.74) is 2.77. The van der Waals surface area contributed by atoms with Gasteiger partial charge in [0.25, 0.3) is 0 Å². The van der Waals surface area contributed by atoms with Crippen LogP contribution in [0.5, 0.6) is 0 Å². The molecule has 1 saturated heterocycles. The Bertz CT molecular complexity index is 852. The molecule has 2 aliphatic rings. The fraction of sp³-hybridized carbons (Fsp3) is 0.650. The van der Waals surface area contributed by atoms with Crippen LogP contribution in [0.2, 0.25) is 0 Å². The molecule has 0 N–H and O–H groups in total. The molecule has 5 nitrogen and oxygen atoms in total. The predicted octanol–water partition coefficient (Wildman–Crippen LogP) is 4.18. The van der Waals surface area contributed by atoms with Crippen molar-refractivity contribution in [1.29, 1.82) is 0 Å². The summed E-state index contributed by atoms with van der Waals surface area (Å²) in [5.74, 6) is 0.283. The Kier molecular flexibility index (Phi) is 5.49. The summed E-state index contributed by atoms with van der Waals surface area (Å²) in [4.78, 5) is 21.1. The molecular weight excluding hydrogens is 382 g/mol. The fourth-order valence-corrected chi connectivity index (χ4v) is 5.64. The molecule has 8 heteroatoms. The number of amides is 1. The van der Waals surface area contributed by atoms with Crippen molar-refractivity contribution in [2.75, 3.05) is 13.1 Å². The zero-order chi connectivity index (χ0) is 19.8. The Labute approximate surface area is 167 Å². The van der Waals surface area contributed by atoms with Gasteiger partial charge in [0.1, 0.15) is 0 Å². The summed E-state index contributed by atoms with van der Waals surface area (Å²) < 4.78 is 26.8. The number of likely N-dealkylation sites (tertiary alicyclic amines) is 1. The molecule has 1 unspecified atom stereocenters. The number of nitrogens with zero attached hydrogens (tertiary/aromatic N) is 4. The second-order valence-corrected chi connectivity index (χ2v) is 8.97. The molecule has 1 atom stereocenters. The van der Waals surface area contributed by atoms with Crippen LogP contribution in [0.1, 0.15) is 70.7 Å². The molecule has 152 valence electrons. The SMILES string of the molecule is Cc1nn(C(F)F)c(C)c1CC(=O)N1CCCC(c2nc3c(s2)CCCC3)C1. The average Bonchev–Trinajstić information content (AvgIpc) is 3.24. The monoisotopic (exact) mass is 408 g/mol. The van der Waals surface area contributed by atoms with Gasteiger partial charge >= 0.3 is 6.55 Å². The van der Waals surface area contributed by atoms with Crippen LogP contribution in [-0.2, 0) is 24.1 Å². The van der Waals surface area contributed by atoms with Gasteiger partial charge in [0, 0.05) is 35.1 Å². The number of hydrogen-bond donors (Lipinski definition) is 0. The van der Waals surface area contributed by atoms with Gasteiger partial charge in [-0.2, -0.15) is 13.9 Å². The Hall–Kier alpha value is -1.83. The first-order chi connectivity index (χ1) is 13.4. The summed E-state index contributed by atoms with van der Waals surface area (Å²) >= 11 is 1.83. The summed E-state index contributed by atoms with van der Waals surface area (Å²) in [5, 5.41) is 5.06. The van der Waals surface area contributed by atoms with E-state index in [-0.39, 0.29) is 12.3 Å². The number of hydrogen-bond acceptors (Lipinski definition) is 4. The first kappa shape index (κ1) is 19.5. The first-order valence-electron chi connectivity index (χ1n) is 10.0. The molecule has 2 aromatic rings. The highest BCUT2D eigenvalue weighted by molar-refractivity contribution is 7.11. The van der Waals surface area contributed by atoms with Crippen LogP contribution in [0.4, 0.5) is 8.78 Å². The highest BCUT2D eigenvalue weighted by atomic mass is 32.1. The lowest BCUT2D eigenvalue weighted by Crippen LogP contribution is -2.40. The van der Waals surface area contributed by atoms with Gasteiger partial charge in [0.15, 0.2) is 0 Å². The van der Waals surface area contributed by atoms with Crippen LogP contribution in [0.3, 0.4) is 0 Å². The molecule has 0 radical (unpaired) electrons. The van der Waals surface area contributed by atoms with Gasteiger partial charge in [-0.05, 0) is 52.4 Å². The van der Waals surface area contributed by atoms with E-state index in [1.54, 1.807) is 13.8 Å². The van der Waals surface area contributed by atoms with Gasteiger partial charge in [-0.25, -0.2) is 9.67 Å². The van der Waals surface area contributed by atoms with Gasteiger partial charge in [-0.3, -0.25) is 4.79 Å². The second-order valence-electron chi connectivity index (χ2n) is 7.86. The van der Waals surface area contributed by atoms with Crippen molar-refractivity contribution in [1.82, 2.24) is 19.7 Å². The van der Waals surface area contributed by atoms with Crippen molar-refractivity contribution in [2.24, 2.45) is 0 Å². The Morgan fingerprint density at radius 3 is 2.75 bits per heavy atom. The number of aryl methyl sites for hydroxylation is 3. The quantitative estimate of drug-likeness (QED) is 0.763. The number of alkyl halides is 2. The molecule has 1 amide bonds. The maximum Gasteiger partial charge on any atom is 0.333 e. The Morgan fingerprint density at radius 1 is 1.25 bits per heavy atom. The topological polar surface area (TPSA) is 51.0 Å². The van der Waals surface area contributed by atoms with Crippen molar-refractivity contribution in [2.45, 2.75) is 71.3 Å². The third-order valence-electron chi connectivity index (χ3n) is 5.97. The number of thiazole rings is 1. The highest BCUT2D eigenvalue weighted by Crippen LogP contribution is 2.35. The minimum atomic E-state index is -2.68. The largest absolute Gasteiger partial charge is 0.342 e. The van der Waals surface area contributed by atoms with Gasteiger partial charge in [-0.15, -0.1) is 11.3 Å². The van der Waals surface area contributed by atoms with Crippen molar-refractivity contribution in [3.63, 3.8) is 0 Å². The third kappa shape index (κ3) is 3.71. The molecule has 1 aliphatic heterocycles. The maximum absolute atomic E-state index is 13.0. The molecule has 1 aliphatic carbocycles. The minimum absolute atomic E-state index is 0.00830. The second kappa shape index (κ2) is 7.89. The van der Waals surface area contributed by atoms with Crippen molar-refractivity contribution in [3.8, 4) is 0 Å². The zero-order valence-electron chi connectivity index (χ0n) is 16.4. The molecule has 0 aromatic carbocycles. The minimum Gasteiger partial charge on any atom is -0.342 e. The lowest BCUT2D eigenvalue weighted by Gasteiger charge is -2.32. The lowest BCUT2D eigenvalue weighted by molar-refractivity contribution is -0.131. The van der Waals surface area contributed by atoms with Crippen LogP contribution in [0, 0.1) is 13.8 Å². The molecule has 1 fully saturated rings. The van der Waals surface area contributed by atoms with Gasteiger partial charge < -0.3 is 4.90 Å². The number of fused-ring (bicyclic) bond motifs is 1. The Balaban J connectivity index is 1.46. The van der Waals surface area contributed by atoms with Gasteiger partial charge in [0.2, 0.25) is 5.91 Å². The molecule has 3 heterocycles. The zero-order valence-corrected chi connectivity index (χ0v) is 17.2. The van der Waals surface area contributed by atoms with E-state index in [1.165, 1.54) is 28.4 Å². The standard InChI is InChI=1S/C20H26F2N4OS/c1-12-15(13(2)26(24-12)20(21)22)10-18(27)25-9-5-6-14(11-25)19-23-16-7-3-4-8-17(16)28-19/h14,20H,3-11H2,1-2H3. The van der Waals surface area contributed by atoms with Crippen LogP contribution in [-0.4, -0.2) is 38.7 Å². The summed E-state index contributed by atoms with van der Waals surface area (Å²) in [6.45, 7) is 2.01. The molecule has 28 heavy (non-hydrogen) atoms. The van der Waals surface area contributed by atoms with E-state index in [1.807, 2.05) is 16.2 Å². The number of piperidine rings is 1. The van der Waals surface area contributed by atoms with Crippen molar-refractivity contribution >= 4 is 17.2 Å². The molecule has 0 bridgehead atoms. The van der Waals surface area contributed by atoms with Crippen molar-refractivity contribution in [3.05, 3.63) is 32.5 Å². The number of carbonyl (C=O) groups is 1. The number of aromatic nitrogens is 3. The van der Waals surface area contributed by atoms with E-state index in [0.29, 0.717) is 34.1 Å². The summed E-state index contributed by atoms with van der Waals surface area (Å²) in [7, 11) is 0. The average molecular weight is 409 g/mol. The van der Waals surface area contributed by atoms with Gasteiger partial charge in [0.05, 0.1) is 22.8 Å². The summed E-state index contributed by atoms with van der Waals surface area (Å²) in [6.07, 6.45) is 6.81. The number of halogens is 2. The molecule has 4 rings (SSSR count). The highest BCUT2D eigenvalue weighted by Gasteiger charge is 2.29.